The van der Waals surface area contributed by atoms with E-state index >= 15 is 0 Å². The number of halogens is 4. The number of carbonyl (C=O) groups is 5. The second kappa shape index (κ2) is 11.7. The van der Waals surface area contributed by atoms with Gasteiger partial charge in [0.05, 0.1) is 12.5 Å². The average molecular weight is 566 g/mol. The van der Waals surface area contributed by atoms with Gasteiger partial charge < -0.3 is 15.5 Å². The van der Waals surface area contributed by atoms with Gasteiger partial charge in [-0.05, 0) is 29.6 Å². The summed E-state index contributed by atoms with van der Waals surface area (Å²) in [6.07, 6.45) is -2.12. The fourth-order valence-electron chi connectivity index (χ4n) is 5.90. The standard InChI is InChI=1S/C24H35ClF3N5O5/c1-5-11(6-2)15(30-21(36)18(27)28)22(37)32-10-13-14(24(13,3)4)16(32)20(35)31-33(23(38)17(25)26)9-12-7-8-29-19(12)34/h11-18H,5-10H2,1-4H3,(H,29,34)(H,30,36)(H,31,35)/t12-,13-,14-,15?,16-,17?/m0/s1. The van der Waals surface area contributed by atoms with Crippen LogP contribution in [0.3, 0.4) is 0 Å². The average Bonchev–Trinajstić information content (AvgIpc) is 3.21. The maximum Gasteiger partial charge on any atom is 0.315 e. The smallest absolute Gasteiger partial charge is 0.315 e. The summed E-state index contributed by atoms with van der Waals surface area (Å²) in [5, 5.41) is 5.41. The minimum absolute atomic E-state index is 0.0814. The molecule has 3 N–H and O–H groups in total. The summed E-state index contributed by atoms with van der Waals surface area (Å²) in [6.45, 7) is 7.56. The van der Waals surface area contributed by atoms with Crippen LogP contribution in [-0.2, 0) is 24.0 Å². The fourth-order valence-corrected chi connectivity index (χ4v) is 6.01. The van der Waals surface area contributed by atoms with Crippen LogP contribution in [0.25, 0.3) is 0 Å². The van der Waals surface area contributed by atoms with E-state index in [1.807, 2.05) is 13.8 Å². The lowest BCUT2D eigenvalue weighted by atomic mass is 9.91. The molecule has 3 fully saturated rings. The number of alkyl halides is 4. The Morgan fingerprint density at radius 1 is 1.18 bits per heavy atom. The molecule has 38 heavy (non-hydrogen) atoms. The first-order valence-corrected chi connectivity index (χ1v) is 13.3. The van der Waals surface area contributed by atoms with Crippen molar-refractivity contribution < 1.29 is 37.1 Å². The molecule has 0 bridgehead atoms. The highest BCUT2D eigenvalue weighted by atomic mass is 35.5. The first-order valence-electron chi connectivity index (χ1n) is 12.8. The molecular weight excluding hydrogens is 531 g/mol. The van der Waals surface area contributed by atoms with E-state index in [1.54, 1.807) is 13.8 Å². The van der Waals surface area contributed by atoms with E-state index in [9.17, 15) is 37.1 Å². The summed E-state index contributed by atoms with van der Waals surface area (Å²) < 4.78 is 39.9. The number of hydrogen-bond donors (Lipinski definition) is 3. The predicted molar refractivity (Wildman–Crippen MR) is 130 cm³/mol. The van der Waals surface area contributed by atoms with Crippen LogP contribution in [-0.4, -0.2) is 83.2 Å². The monoisotopic (exact) mass is 565 g/mol. The van der Waals surface area contributed by atoms with Gasteiger partial charge in [0.25, 0.3) is 23.4 Å². The molecule has 0 spiro atoms. The second-order valence-corrected chi connectivity index (χ2v) is 11.1. The van der Waals surface area contributed by atoms with Crippen molar-refractivity contribution in [3.05, 3.63) is 0 Å². The van der Waals surface area contributed by atoms with Crippen molar-refractivity contribution in [1.29, 1.82) is 0 Å². The van der Waals surface area contributed by atoms with Gasteiger partial charge in [-0.1, -0.05) is 52.1 Å². The third kappa shape index (κ3) is 5.86. The number of likely N-dealkylation sites (tertiary alicyclic amines) is 1. The Kier molecular flexibility index (Phi) is 9.20. The number of rotatable bonds is 10. The van der Waals surface area contributed by atoms with Crippen LogP contribution in [0.1, 0.15) is 47.0 Å². The molecule has 2 heterocycles. The lowest BCUT2D eigenvalue weighted by Gasteiger charge is -2.36. The van der Waals surface area contributed by atoms with Gasteiger partial charge in [0.15, 0.2) is 0 Å². The molecule has 3 aliphatic rings. The van der Waals surface area contributed by atoms with Crippen LogP contribution in [0.2, 0.25) is 0 Å². The van der Waals surface area contributed by atoms with E-state index < -0.39 is 59.6 Å². The predicted octanol–water partition coefficient (Wildman–Crippen LogP) is 1.19. The van der Waals surface area contributed by atoms with E-state index in [4.69, 9.17) is 11.6 Å². The van der Waals surface area contributed by atoms with E-state index in [0.717, 1.165) is 0 Å². The van der Waals surface area contributed by atoms with Gasteiger partial charge in [0.2, 0.25) is 11.8 Å². The van der Waals surface area contributed by atoms with Gasteiger partial charge in [0.1, 0.15) is 12.1 Å². The molecule has 2 aliphatic heterocycles. The second-order valence-electron chi connectivity index (χ2n) is 10.8. The molecule has 1 saturated carbocycles. The van der Waals surface area contributed by atoms with Crippen molar-refractivity contribution in [3.63, 3.8) is 0 Å². The lowest BCUT2D eigenvalue weighted by molar-refractivity contribution is -0.151. The summed E-state index contributed by atoms with van der Waals surface area (Å²) in [5.41, 5.74) is -0.444. The van der Waals surface area contributed by atoms with Gasteiger partial charge in [-0.15, -0.1) is 0 Å². The molecule has 1 aliphatic carbocycles. The van der Waals surface area contributed by atoms with Crippen molar-refractivity contribution in [2.45, 2.75) is 71.1 Å². The molecule has 0 aromatic heterocycles. The van der Waals surface area contributed by atoms with Crippen molar-refractivity contribution in [2.24, 2.45) is 29.1 Å². The molecule has 5 amide bonds. The number of carbonyl (C=O) groups excluding carboxylic acids is 5. The molecule has 214 valence electrons. The van der Waals surface area contributed by atoms with Gasteiger partial charge in [-0.25, -0.2) is 9.40 Å². The van der Waals surface area contributed by atoms with Gasteiger partial charge in [-0.3, -0.25) is 29.4 Å². The van der Waals surface area contributed by atoms with E-state index in [1.165, 1.54) is 4.90 Å². The van der Waals surface area contributed by atoms with Crippen LogP contribution in [0.4, 0.5) is 13.2 Å². The summed E-state index contributed by atoms with van der Waals surface area (Å²) in [5.74, 6) is -6.21. The Morgan fingerprint density at radius 2 is 1.82 bits per heavy atom. The minimum Gasteiger partial charge on any atom is -0.356 e. The number of nitrogens with zero attached hydrogens (tertiary/aromatic N) is 2. The first kappa shape index (κ1) is 30.0. The van der Waals surface area contributed by atoms with Crippen LogP contribution in [0.15, 0.2) is 0 Å². The lowest BCUT2D eigenvalue weighted by Crippen LogP contribution is -2.61. The summed E-state index contributed by atoms with van der Waals surface area (Å²) in [6, 6.07) is -2.38. The highest BCUT2D eigenvalue weighted by molar-refractivity contribution is 6.29. The number of hydrogen-bond acceptors (Lipinski definition) is 5. The van der Waals surface area contributed by atoms with E-state index in [2.05, 4.69) is 16.1 Å². The van der Waals surface area contributed by atoms with Crippen molar-refractivity contribution >= 4 is 41.1 Å². The fraction of sp³-hybridized carbons (Fsp3) is 0.792. The number of piperidine rings is 1. The minimum atomic E-state index is -3.32. The normalized spacial score (nSPS) is 27.0. The summed E-state index contributed by atoms with van der Waals surface area (Å²) in [7, 11) is 0. The molecule has 2 unspecified atom stereocenters. The molecule has 0 radical (unpaired) electrons. The van der Waals surface area contributed by atoms with Crippen LogP contribution in [0.5, 0.6) is 0 Å². The number of nitrogens with one attached hydrogen (secondary N) is 3. The summed E-state index contributed by atoms with van der Waals surface area (Å²) >= 11 is 5.36. The van der Waals surface area contributed by atoms with Gasteiger partial charge in [0, 0.05) is 13.1 Å². The molecule has 0 aromatic carbocycles. The van der Waals surface area contributed by atoms with Crippen LogP contribution < -0.4 is 16.1 Å². The zero-order valence-electron chi connectivity index (χ0n) is 21.8. The van der Waals surface area contributed by atoms with E-state index in [0.29, 0.717) is 30.8 Å². The van der Waals surface area contributed by atoms with Crippen LogP contribution in [0, 0.1) is 29.1 Å². The highest BCUT2D eigenvalue weighted by Crippen LogP contribution is 2.65. The number of hydrazine groups is 1. The largest absolute Gasteiger partial charge is 0.356 e. The topological polar surface area (TPSA) is 128 Å². The molecular formula is C24H35ClF3N5O5. The highest BCUT2D eigenvalue weighted by Gasteiger charge is 2.69. The molecule has 6 atom stereocenters. The van der Waals surface area contributed by atoms with Gasteiger partial charge in [-0.2, -0.15) is 8.78 Å². The Bertz CT molecular complexity index is 964. The third-order valence-electron chi connectivity index (χ3n) is 8.31. The Morgan fingerprint density at radius 3 is 2.32 bits per heavy atom. The first-order chi connectivity index (χ1) is 17.8. The molecule has 2 saturated heterocycles. The SMILES string of the molecule is CCC(CC)C(NC(=O)C(F)F)C(=O)N1C[C@H]2[C@@H]([C@H]1C(=O)NN(C[C@@H]1CCNC1=O)C(=O)C(F)Cl)C2(C)C. The molecule has 3 rings (SSSR count). The number of amides is 5. The Balaban J connectivity index is 1.87. The quantitative estimate of drug-likeness (QED) is 0.271. The van der Waals surface area contributed by atoms with Crippen molar-refractivity contribution in [2.75, 3.05) is 19.6 Å². The maximum atomic E-state index is 13.8. The number of fused-ring (bicyclic) bond motifs is 1. The zero-order chi connectivity index (χ0) is 28.5. The Labute approximate surface area is 224 Å². The third-order valence-corrected chi connectivity index (χ3v) is 8.49. The molecule has 14 heteroatoms. The van der Waals surface area contributed by atoms with E-state index in [-0.39, 0.29) is 36.2 Å². The van der Waals surface area contributed by atoms with Gasteiger partial charge >= 0.3 is 6.43 Å². The van der Waals surface area contributed by atoms with Crippen LogP contribution >= 0.6 is 11.6 Å². The van der Waals surface area contributed by atoms with Crippen molar-refractivity contribution in [1.82, 2.24) is 26.0 Å². The maximum absolute atomic E-state index is 13.8. The molecule has 10 nitrogen and oxygen atoms in total. The zero-order valence-corrected chi connectivity index (χ0v) is 22.6. The summed E-state index contributed by atoms with van der Waals surface area (Å²) in [4.78, 5) is 64.8. The molecule has 0 aromatic rings. The van der Waals surface area contributed by atoms with Crippen molar-refractivity contribution in [3.8, 4) is 0 Å². The Hall–Kier alpha value is -2.57.